The summed E-state index contributed by atoms with van der Waals surface area (Å²) in [6.45, 7) is 10.1. The number of hydrogen-bond acceptors (Lipinski definition) is 5. The Kier molecular flexibility index (Phi) is 6.23. The van der Waals surface area contributed by atoms with Gasteiger partial charge in [-0.3, -0.25) is 9.89 Å². The molecule has 1 fully saturated rings. The second-order valence-corrected chi connectivity index (χ2v) is 8.85. The maximum absolute atomic E-state index is 12.9. The molecule has 1 aliphatic heterocycles. The third-order valence-electron chi connectivity index (χ3n) is 4.45. The van der Waals surface area contributed by atoms with Crippen molar-refractivity contribution in [1.29, 1.82) is 0 Å². The maximum atomic E-state index is 12.9. The van der Waals surface area contributed by atoms with Gasteiger partial charge in [-0.2, -0.15) is 9.82 Å². The molecule has 142 valence electrons. The van der Waals surface area contributed by atoms with Gasteiger partial charge in [-0.25, -0.2) is 8.42 Å². The Morgan fingerprint density at radius 1 is 1.24 bits per heavy atom. The van der Waals surface area contributed by atoms with E-state index in [9.17, 15) is 13.2 Å². The van der Waals surface area contributed by atoms with Gasteiger partial charge >= 0.3 is 0 Å². The molecule has 25 heavy (non-hydrogen) atoms. The molecule has 1 atom stereocenters. The number of amides is 1. The van der Waals surface area contributed by atoms with E-state index in [4.69, 9.17) is 0 Å². The lowest BCUT2D eigenvalue weighted by Gasteiger charge is -2.35. The monoisotopic (exact) mass is 371 g/mol. The third-order valence-corrected chi connectivity index (χ3v) is 6.18. The van der Waals surface area contributed by atoms with Crippen molar-refractivity contribution in [2.45, 2.75) is 45.1 Å². The molecular formula is C16H29N5O3S. The smallest absolute Gasteiger partial charge is 0.244 e. The second-order valence-electron chi connectivity index (χ2n) is 7.20. The van der Waals surface area contributed by atoms with E-state index in [-0.39, 0.29) is 16.7 Å². The van der Waals surface area contributed by atoms with Gasteiger partial charge in [0.15, 0.2) is 0 Å². The van der Waals surface area contributed by atoms with E-state index in [2.05, 4.69) is 19.8 Å². The van der Waals surface area contributed by atoms with Crippen molar-refractivity contribution < 1.29 is 13.2 Å². The van der Waals surface area contributed by atoms with Gasteiger partial charge in [0.2, 0.25) is 15.9 Å². The number of likely N-dealkylation sites (N-methyl/N-ethyl adjacent to an activating group) is 1. The number of nitrogens with one attached hydrogen (secondary N) is 2. The van der Waals surface area contributed by atoms with Crippen LogP contribution in [-0.4, -0.2) is 73.6 Å². The fraction of sp³-hybridized carbons (Fsp3) is 0.750. The molecule has 2 rings (SSSR count). The van der Waals surface area contributed by atoms with E-state index in [0.29, 0.717) is 30.9 Å². The zero-order valence-corrected chi connectivity index (χ0v) is 16.5. The van der Waals surface area contributed by atoms with Crippen molar-refractivity contribution >= 4 is 15.9 Å². The van der Waals surface area contributed by atoms with Crippen molar-refractivity contribution in [3.63, 3.8) is 0 Å². The van der Waals surface area contributed by atoms with Crippen LogP contribution in [0.2, 0.25) is 0 Å². The van der Waals surface area contributed by atoms with Crippen LogP contribution in [0.5, 0.6) is 0 Å². The molecule has 2 heterocycles. The van der Waals surface area contributed by atoms with Crippen molar-refractivity contribution in [3.8, 4) is 0 Å². The topological polar surface area (TPSA) is 98.4 Å². The molecule has 0 radical (unpaired) electrons. The summed E-state index contributed by atoms with van der Waals surface area (Å²) in [6.07, 6.45) is 0.459. The summed E-state index contributed by atoms with van der Waals surface area (Å²) in [4.78, 5) is 17.0. The molecule has 0 aromatic carbocycles. The predicted molar refractivity (Wildman–Crippen MR) is 95.7 cm³/mol. The molecule has 1 aliphatic rings. The third kappa shape index (κ3) is 4.80. The van der Waals surface area contributed by atoms with Crippen LogP contribution in [0.15, 0.2) is 4.90 Å². The number of piperazine rings is 1. The normalized spacial score (nSPS) is 17.9. The molecule has 1 amide bonds. The van der Waals surface area contributed by atoms with E-state index in [0.717, 1.165) is 13.1 Å². The lowest BCUT2D eigenvalue weighted by Crippen LogP contribution is -2.54. The molecule has 8 nitrogen and oxygen atoms in total. The van der Waals surface area contributed by atoms with Crippen LogP contribution in [0.4, 0.5) is 0 Å². The highest BCUT2D eigenvalue weighted by Gasteiger charge is 2.33. The summed E-state index contributed by atoms with van der Waals surface area (Å²) >= 11 is 0. The van der Waals surface area contributed by atoms with Crippen LogP contribution in [0, 0.1) is 19.8 Å². The first kappa shape index (κ1) is 19.9. The predicted octanol–water partition coefficient (Wildman–Crippen LogP) is 0.494. The molecule has 0 saturated carbocycles. The van der Waals surface area contributed by atoms with Crippen LogP contribution in [0.25, 0.3) is 0 Å². The summed E-state index contributed by atoms with van der Waals surface area (Å²) in [5.74, 6) is 0.0415. The number of carbonyl (C=O) groups excluding carboxylic acids is 1. The number of nitrogens with zero attached hydrogens (tertiary/aromatic N) is 3. The summed E-state index contributed by atoms with van der Waals surface area (Å²) < 4.78 is 28.3. The molecule has 0 bridgehead atoms. The molecule has 1 saturated heterocycles. The number of aromatic nitrogens is 2. The number of H-pyrrole nitrogens is 1. The number of sulfonamides is 1. The first-order valence-corrected chi connectivity index (χ1v) is 10.1. The van der Waals surface area contributed by atoms with E-state index in [1.165, 1.54) is 0 Å². The van der Waals surface area contributed by atoms with Gasteiger partial charge < -0.3 is 9.80 Å². The van der Waals surface area contributed by atoms with Gasteiger partial charge in [0.1, 0.15) is 10.9 Å². The Labute approximate surface area is 150 Å². The van der Waals surface area contributed by atoms with Crippen LogP contribution >= 0.6 is 0 Å². The Morgan fingerprint density at radius 3 is 2.32 bits per heavy atom. The summed E-state index contributed by atoms with van der Waals surface area (Å²) in [7, 11) is -1.80. The van der Waals surface area contributed by atoms with Crippen molar-refractivity contribution in [2.75, 3.05) is 33.2 Å². The van der Waals surface area contributed by atoms with Crippen molar-refractivity contribution in [3.05, 3.63) is 11.4 Å². The number of aromatic amines is 1. The van der Waals surface area contributed by atoms with Crippen LogP contribution in [-0.2, 0) is 14.8 Å². The standard InChI is InChI=1S/C16H29N5O3S/c1-11(2)10-14(16(22)21-8-6-20(5)7-9-21)19-25(23,24)15-12(3)17-18-13(15)4/h11,14,19H,6-10H2,1-5H3,(H,17,18)/t14-/m0/s1. The Hall–Kier alpha value is -1.45. The van der Waals surface area contributed by atoms with Gasteiger partial charge in [-0.15, -0.1) is 0 Å². The number of rotatable bonds is 6. The lowest BCUT2D eigenvalue weighted by molar-refractivity contribution is -0.135. The molecule has 0 unspecified atom stereocenters. The molecule has 1 aromatic heterocycles. The van der Waals surface area contributed by atoms with E-state index < -0.39 is 16.1 Å². The molecule has 9 heteroatoms. The van der Waals surface area contributed by atoms with E-state index in [1.807, 2.05) is 20.9 Å². The van der Waals surface area contributed by atoms with Gasteiger partial charge in [0, 0.05) is 26.2 Å². The zero-order valence-electron chi connectivity index (χ0n) is 15.7. The van der Waals surface area contributed by atoms with Gasteiger partial charge in [-0.1, -0.05) is 13.8 Å². The van der Waals surface area contributed by atoms with Crippen molar-refractivity contribution in [1.82, 2.24) is 24.7 Å². The largest absolute Gasteiger partial charge is 0.339 e. The second kappa shape index (κ2) is 7.84. The highest BCUT2D eigenvalue weighted by Crippen LogP contribution is 2.19. The number of carbonyl (C=O) groups is 1. The Balaban J connectivity index is 2.21. The van der Waals surface area contributed by atoms with Crippen LogP contribution in [0.1, 0.15) is 31.7 Å². The molecule has 0 aliphatic carbocycles. The first-order valence-electron chi connectivity index (χ1n) is 8.63. The van der Waals surface area contributed by atoms with E-state index >= 15 is 0 Å². The van der Waals surface area contributed by atoms with Gasteiger partial charge in [-0.05, 0) is 33.2 Å². The van der Waals surface area contributed by atoms with E-state index in [1.54, 1.807) is 18.7 Å². The Morgan fingerprint density at radius 2 is 1.84 bits per heavy atom. The summed E-state index contributed by atoms with van der Waals surface area (Å²) in [5.41, 5.74) is 0.876. The summed E-state index contributed by atoms with van der Waals surface area (Å²) in [5, 5.41) is 6.63. The average Bonchev–Trinajstić information content (AvgIpc) is 2.85. The minimum atomic E-state index is -3.82. The first-order chi connectivity index (χ1) is 11.6. The lowest BCUT2D eigenvalue weighted by atomic mass is 10.0. The van der Waals surface area contributed by atoms with Crippen LogP contribution in [0.3, 0.4) is 0 Å². The average molecular weight is 372 g/mol. The minimum absolute atomic E-state index is 0.132. The quantitative estimate of drug-likeness (QED) is 0.758. The molecule has 2 N–H and O–H groups in total. The number of hydrogen-bond donors (Lipinski definition) is 2. The van der Waals surface area contributed by atoms with Gasteiger partial charge in [0.25, 0.3) is 0 Å². The zero-order chi connectivity index (χ0) is 18.8. The Bertz CT molecular complexity index is 686. The molecular weight excluding hydrogens is 342 g/mol. The fourth-order valence-corrected chi connectivity index (χ4v) is 4.67. The van der Waals surface area contributed by atoms with Crippen molar-refractivity contribution in [2.24, 2.45) is 5.92 Å². The SMILES string of the molecule is Cc1n[nH]c(C)c1S(=O)(=O)N[C@@H](CC(C)C)C(=O)N1CCN(C)CC1. The fourth-order valence-electron chi connectivity index (χ4n) is 3.10. The molecule has 0 spiro atoms. The summed E-state index contributed by atoms with van der Waals surface area (Å²) in [6, 6.07) is -0.762. The highest BCUT2D eigenvalue weighted by molar-refractivity contribution is 7.89. The minimum Gasteiger partial charge on any atom is -0.339 e. The molecule has 1 aromatic rings. The maximum Gasteiger partial charge on any atom is 0.244 e. The number of aryl methyl sites for hydroxylation is 2. The van der Waals surface area contributed by atoms with Crippen LogP contribution < -0.4 is 4.72 Å². The highest BCUT2D eigenvalue weighted by atomic mass is 32.2. The van der Waals surface area contributed by atoms with Gasteiger partial charge in [0.05, 0.1) is 11.4 Å².